The van der Waals surface area contributed by atoms with Crippen molar-refractivity contribution in [3.05, 3.63) is 21.8 Å². The molecule has 0 aliphatic carbocycles. The Labute approximate surface area is 133 Å². The number of carbonyl (C=O) groups is 1. The third-order valence-corrected chi connectivity index (χ3v) is 4.63. The van der Waals surface area contributed by atoms with Gasteiger partial charge in [0.15, 0.2) is 0 Å². The third kappa shape index (κ3) is 4.63. The Morgan fingerprint density at radius 2 is 2.20 bits per heavy atom. The Kier molecular flexibility index (Phi) is 6.09. The van der Waals surface area contributed by atoms with Gasteiger partial charge < -0.3 is 15.4 Å². The van der Waals surface area contributed by atoms with Crippen molar-refractivity contribution < 1.29 is 9.53 Å². The molecule has 0 atom stereocenters. The quantitative estimate of drug-likeness (QED) is 0.763. The number of hydrogen-bond acceptors (Lipinski definition) is 3. The highest BCUT2D eigenvalue weighted by Gasteiger charge is 2.15. The molecule has 1 aliphatic heterocycles. The van der Waals surface area contributed by atoms with Gasteiger partial charge in [0.25, 0.3) is 0 Å². The number of nitrogens with one attached hydrogen (secondary N) is 2. The van der Waals surface area contributed by atoms with Gasteiger partial charge in [0.05, 0.1) is 12.8 Å². The molecule has 1 fully saturated rings. The monoisotopic (exact) mass is 388 g/mol. The van der Waals surface area contributed by atoms with Gasteiger partial charge in [0, 0.05) is 16.1 Å². The average molecular weight is 388 g/mol. The summed E-state index contributed by atoms with van der Waals surface area (Å²) >= 11 is 2.22. The fourth-order valence-corrected chi connectivity index (χ4v) is 2.92. The van der Waals surface area contributed by atoms with Crippen molar-refractivity contribution in [3.63, 3.8) is 0 Å². The lowest BCUT2D eigenvalue weighted by molar-refractivity contribution is -0.116. The minimum Gasteiger partial charge on any atom is -0.497 e. The Morgan fingerprint density at radius 3 is 2.90 bits per heavy atom. The van der Waals surface area contributed by atoms with Crippen molar-refractivity contribution in [1.29, 1.82) is 0 Å². The molecule has 110 valence electrons. The van der Waals surface area contributed by atoms with E-state index in [0.29, 0.717) is 12.3 Å². The normalized spacial score (nSPS) is 15.9. The van der Waals surface area contributed by atoms with Crippen molar-refractivity contribution in [3.8, 4) is 5.75 Å². The predicted octanol–water partition coefficient (Wildman–Crippen LogP) is 3.02. The van der Waals surface area contributed by atoms with E-state index in [2.05, 4.69) is 33.2 Å². The van der Waals surface area contributed by atoms with Crippen molar-refractivity contribution in [2.45, 2.75) is 25.7 Å². The second-order valence-corrected chi connectivity index (χ2v) is 6.29. The summed E-state index contributed by atoms with van der Waals surface area (Å²) in [6.45, 7) is 2.17. The van der Waals surface area contributed by atoms with E-state index >= 15 is 0 Å². The summed E-state index contributed by atoms with van der Waals surface area (Å²) in [5.74, 6) is 1.54. The molecule has 0 radical (unpaired) electrons. The molecule has 1 saturated heterocycles. The lowest BCUT2D eigenvalue weighted by atomic mass is 9.93. The van der Waals surface area contributed by atoms with Crippen LogP contribution in [0.15, 0.2) is 18.2 Å². The molecular weight excluding hydrogens is 367 g/mol. The molecule has 1 aromatic rings. The number of benzene rings is 1. The van der Waals surface area contributed by atoms with E-state index in [4.69, 9.17) is 4.74 Å². The first kappa shape index (κ1) is 15.6. The molecule has 4 nitrogen and oxygen atoms in total. The van der Waals surface area contributed by atoms with Gasteiger partial charge in [0.2, 0.25) is 5.91 Å². The molecule has 0 aromatic heterocycles. The van der Waals surface area contributed by atoms with Crippen molar-refractivity contribution in [1.82, 2.24) is 5.32 Å². The van der Waals surface area contributed by atoms with E-state index < -0.39 is 0 Å². The average Bonchev–Trinajstić information content (AvgIpc) is 2.48. The summed E-state index contributed by atoms with van der Waals surface area (Å²) < 4.78 is 6.21. The van der Waals surface area contributed by atoms with E-state index in [1.165, 1.54) is 12.8 Å². The van der Waals surface area contributed by atoms with Crippen LogP contribution in [0.25, 0.3) is 0 Å². The molecular formula is C15H21IN2O2. The van der Waals surface area contributed by atoms with Crippen LogP contribution in [0.1, 0.15) is 25.7 Å². The fourth-order valence-electron chi connectivity index (χ4n) is 2.45. The first-order chi connectivity index (χ1) is 9.69. The van der Waals surface area contributed by atoms with Gasteiger partial charge in [-0.1, -0.05) is 0 Å². The number of ether oxygens (including phenoxy) is 1. The Balaban J connectivity index is 1.84. The van der Waals surface area contributed by atoms with Gasteiger partial charge in [-0.2, -0.15) is 0 Å². The van der Waals surface area contributed by atoms with E-state index in [1.807, 2.05) is 18.2 Å². The van der Waals surface area contributed by atoms with Crippen LogP contribution in [0.3, 0.4) is 0 Å². The van der Waals surface area contributed by atoms with Gasteiger partial charge in [-0.05, 0) is 73.0 Å². The zero-order chi connectivity index (χ0) is 14.4. The van der Waals surface area contributed by atoms with Crippen LogP contribution in [-0.2, 0) is 4.79 Å². The molecule has 1 heterocycles. The number of hydrogen-bond donors (Lipinski definition) is 2. The molecule has 0 spiro atoms. The molecule has 0 bridgehead atoms. The maximum Gasteiger partial charge on any atom is 0.224 e. The van der Waals surface area contributed by atoms with E-state index in [9.17, 15) is 4.79 Å². The van der Waals surface area contributed by atoms with E-state index in [0.717, 1.165) is 34.5 Å². The van der Waals surface area contributed by atoms with E-state index in [1.54, 1.807) is 7.11 Å². The van der Waals surface area contributed by atoms with Crippen molar-refractivity contribution >= 4 is 34.2 Å². The summed E-state index contributed by atoms with van der Waals surface area (Å²) in [6.07, 6.45) is 3.94. The second-order valence-electron chi connectivity index (χ2n) is 5.13. The van der Waals surface area contributed by atoms with Crippen LogP contribution >= 0.6 is 22.6 Å². The zero-order valence-electron chi connectivity index (χ0n) is 11.7. The lowest BCUT2D eigenvalue weighted by Gasteiger charge is -2.22. The highest BCUT2D eigenvalue weighted by molar-refractivity contribution is 14.1. The third-order valence-electron chi connectivity index (χ3n) is 3.69. The Bertz CT molecular complexity index is 459. The molecule has 1 aliphatic rings. The summed E-state index contributed by atoms with van der Waals surface area (Å²) in [5.41, 5.74) is 0.834. The number of amides is 1. The molecule has 0 saturated carbocycles. The smallest absolute Gasteiger partial charge is 0.224 e. The van der Waals surface area contributed by atoms with Crippen molar-refractivity contribution in [2.75, 3.05) is 25.5 Å². The first-order valence-corrected chi connectivity index (χ1v) is 8.11. The van der Waals surface area contributed by atoms with Gasteiger partial charge in [0.1, 0.15) is 5.75 Å². The van der Waals surface area contributed by atoms with E-state index in [-0.39, 0.29) is 5.91 Å². The number of anilines is 1. The van der Waals surface area contributed by atoms with Crippen LogP contribution in [0.5, 0.6) is 5.75 Å². The molecule has 2 N–H and O–H groups in total. The maximum atomic E-state index is 12.0. The number of piperidine rings is 1. The van der Waals surface area contributed by atoms with Crippen LogP contribution < -0.4 is 15.4 Å². The number of carbonyl (C=O) groups excluding carboxylic acids is 1. The Hall–Kier alpha value is -0.820. The largest absolute Gasteiger partial charge is 0.497 e. The van der Waals surface area contributed by atoms with Crippen LogP contribution in [0.4, 0.5) is 5.69 Å². The summed E-state index contributed by atoms with van der Waals surface area (Å²) in [6, 6.07) is 5.71. The SMILES string of the molecule is COc1ccc(I)c(NC(=O)CCC2CCNCC2)c1. The topological polar surface area (TPSA) is 50.4 Å². The molecule has 5 heteroatoms. The number of methoxy groups -OCH3 is 1. The Morgan fingerprint density at radius 1 is 1.45 bits per heavy atom. The first-order valence-electron chi connectivity index (χ1n) is 7.03. The van der Waals surface area contributed by atoms with Gasteiger partial charge >= 0.3 is 0 Å². The predicted molar refractivity (Wildman–Crippen MR) is 89.2 cm³/mol. The molecule has 1 aromatic carbocycles. The van der Waals surface area contributed by atoms with Crippen LogP contribution in [0, 0.1) is 9.49 Å². The maximum absolute atomic E-state index is 12.0. The second kappa shape index (κ2) is 7.83. The highest BCUT2D eigenvalue weighted by Crippen LogP contribution is 2.24. The highest BCUT2D eigenvalue weighted by atomic mass is 127. The molecule has 1 amide bonds. The standard InChI is InChI=1S/C15H21IN2O2/c1-20-12-3-4-13(16)14(10-12)18-15(19)5-2-11-6-8-17-9-7-11/h3-4,10-11,17H,2,5-9H2,1H3,(H,18,19). The lowest BCUT2D eigenvalue weighted by Crippen LogP contribution is -2.28. The minimum atomic E-state index is 0.0923. The summed E-state index contributed by atoms with van der Waals surface area (Å²) in [7, 11) is 1.63. The van der Waals surface area contributed by atoms with Gasteiger partial charge in [-0.3, -0.25) is 4.79 Å². The molecule has 20 heavy (non-hydrogen) atoms. The fraction of sp³-hybridized carbons (Fsp3) is 0.533. The number of halogens is 1. The van der Waals surface area contributed by atoms with Crippen LogP contribution in [0.2, 0.25) is 0 Å². The van der Waals surface area contributed by atoms with Crippen LogP contribution in [-0.4, -0.2) is 26.1 Å². The zero-order valence-corrected chi connectivity index (χ0v) is 13.9. The molecule has 2 rings (SSSR count). The minimum absolute atomic E-state index is 0.0923. The number of rotatable bonds is 5. The summed E-state index contributed by atoms with van der Waals surface area (Å²) in [4.78, 5) is 12.0. The molecule has 0 unspecified atom stereocenters. The van der Waals surface area contributed by atoms with Gasteiger partial charge in [-0.15, -0.1) is 0 Å². The van der Waals surface area contributed by atoms with Crippen molar-refractivity contribution in [2.24, 2.45) is 5.92 Å². The summed E-state index contributed by atoms with van der Waals surface area (Å²) in [5, 5.41) is 6.33. The van der Waals surface area contributed by atoms with Gasteiger partial charge in [-0.25, -0.2) is 0 Å².